The zero-order chi connectivity index (χ0) is 14.9. The quantitative estimate of drug-likeness (QED) is 0.666. The van der Waals surface area contributed by atoms with Crippen molar-refractivity contribution in [3.63, 3.8) is 0 Å². The fourth-order valence-corrected chi connectivity index (χ4v) is 3.22. The van der Waals surface area contributed by atoms with Crippen LogP contribution < -0.4 is 5.32 Å². The van der Waals surface area contributed by atoms with Gasteiger partial charge in [-0.05, 0) is 6.42 Å². The number of ether oxygens (including phenoxy) is 4. The number of benzene rings is 1. The van der Waals surface area contributed by atoms with E-state index in [4.69, 9.17) is 18.9 Å². The molecule has 5 heteroatoms. The highest BCUT2D eigenvalue weighted by atomic mass is 16.7. The third-order valence-electron chi connectivity index (χ3n) is 4.53. The average molecular weight is 305 g/mol. The third-order valence-corrected chi connectivity index (χ3v) is 4.53. The summed E-state index contributed by atoms with van der Waals surface area (Å²) in [7, 11) is 0. The summed E-state index contributed by atoms with van der Waals surface area (Å²) in [5.41, 5.74) is 1.06. The summed E-state index contributed by atoms with van der Waals surface area (Å²) in [6, 6.07) is 10.6. The highest BCUT2D eigenvalue weighted by molar-refractivity contribution is 5.18. The first-order valence-electron chi connectivity index (χ1n) is 8.22. The summed E-state index contributed by atoms with van der Waals surface area (Å²) >= 11 is 0. The van der Waals surface area contributed by atoms with E-state index < -0.39 is 0 Å². The first-order valence-corrected chi connectivity index (χ1v) is 8.22. The molecule has 4 rings (SSSR count). The van der Waals surface area contributed by atoms with E-state index in [2.05, 4.69) is 12.2 Å². The molecule has 0 aliphatic carbocycles. The fraction of sp³-hybridized carbons (Fsp3) is 0.647. The van der Waals surface area contributed by atoms with Crippen LogP contribution in [-0.2, 0) is 18.9 Å². The Bertz CT molecular complexity index is 497. The second-order valence-corrected chi connectivity index (χ2v) is 6.16. The normalized spacial score (nSPS) is 39.9. The molecule has 0 spiro atoms. The Kier molecular flexibility index (Phi) is 4.15. The topological polar surface area (TPSA) is 58.9 Å². The van der Waals surface area contributed by atoms with Crippen molar-refractivity contribution in [2.45, 2.75) is 56.6 Å². The van der Waals surface area contributed by atoms with Gasteiger partial charge in [-0.1, -0.05) is 43.7 Å². The zero-order valence-electron chi connectivity index (χ0n) is 12.8. The Morgan fingerprint density at radius 1 is 1.18 bits per heavy atom. The molecule has 0 radical (unpaired) electrons. The van der Waals surface area contributed by atoms with Gasteiger partial charge in [-0.3, -0.25) is 0 Å². The Morgan fingerprint density at radius 3 is 2.86 bits per heavy atom. The molecule has 5 nitrogen and oxygen atoms in total. The van der Waals surface area contributed by atoms with Crippen molar-refractivity contribution in [3.05, 3.63) is 35.9 Å². The maximum atomic E-state index is 6.14. The molecule has 0 saturated carbocycles. The van der Waals surface area contributed by atoms with Gasteiger partial charge >= 0.3 is 0 Å². The highest BCUT2D eigenvalue weighted by Gasteiger charge is 2.58. The van der Waals surface area contributed by atoms with Crippen LogP contribution >= 0.6 is 0 Å². The van der Waals surface area contributed by atoms with Crippen molar-refractivity contribution in [2.75, 3.05) is 13.2 Å². The van der Waals surface area contributed by atoms with Crippen molar-refractivity contribution < 1.29 is 18.9 Å². The van der Waals surface area contributed by atoms with Gasteiger partial charge in [0, 0.05) is 12.2 Å². The summed E-state index contributed by atoms with van der Waals surface area (Å²) in [6.45, 7) is 3.45. The minimum atomic E-state index is -0.299. The molecular weight excluding hydrogens is 282 g/mol. The molecule has 3 aliphatic heterocycles. The number of fused-ring (bicyclic) bond motifs is 3. The molecular formula is C17H23NO4. The van der Waals surface area contributed by atoms with Crippen LogP contribution in [0.15, 0.2) is 30.3 Å². The van der Waals surface area contributed by atoms with E-state index in [0.717, 1.165) is 25.0 Å². The van der Waals surface area contributed by atoms with E-state index in [9.17, 15) is 0 Å². The zero-order valence-corrected chi connectivity index (χ0v) is 12.8. The second kappa shape index (κ2) is 6.26. The number of rotatable bonds is 5. The number of hydrogen-bond acceptors (Lipinski definition) is 5. The lowest BCUT2D eigenvalue weighted by Gasteiger charge is -2.40. The lowest BCUT2D eigenvalue weighted by atomic mass is 10.0. The second-order valence-electron chi connectivity index (χ2n) is 6.16. The minimum absolute atomic E-state index is 0.0370. The van der Waals surface area contributed by atoms with Crippen molar-refractivity contribution in [2.24, 2.45) is 0 Å². The van der Waals surface area contributed by atoms with Gasteiger partial charge in [0.2, 0.25) is 0 Å². The average Bonchev–Trinajstić information content (AvgIpc) is 3.37. The van der Waals surface area contributed by atoms with Crippen LogP contribution in [0.2, 0.25) is 0 Å². The Labute approximate surface area is 130 Å². The molecule has 1 aromatic carbocycles. The van der Waals surface area contributed by atoms with Crippen molar-refractivity contribution in [3.8, 4) is 0 Å². The maximum Gasteiger partial charge on any atom is 0.184 e. The van der Waals surface area contributed by atoms with Crippen LogP contribution in [0.3, 0.4) is 0 Å². The lowest BCUT2D eigenvalue weighted by Crippen LogP contribution is -2.52. The van der Waals surface area contributed by atoms with Crippen molar-refractivity contribution >= 4 is 0 Å². The molecule has 3 saturated heterocycles. The summed E-state index contributed by atoms with van der Waals surface area (Å²) in [6.07, 6.45) is 1.71. The van der Waals surface area contributed by atoms with E-state index in [1.807, 2.05) is 30.3 Å². The molecule has 0 bridgehead atoms. The van der Waals surface area contributed by atoms with E-state index >= 15 is 0 Å². The summed E-state index contributed by atoms with van der Waals surface area (Å²) < 4.78 is 23.9. The first-order chi connectivity index (χ1) is 10.9. The molecule has 6 atom stereocenters. The van der Waals surface area contributed by atoms with Gasteiger partial charge < -0.3 is 24.3 Å². The van der Waals surface area contributed by atoms with E-state index in [0.29, 0.717) is 12.6 Å². The van der Waals surface area contributed by atoms with Gasteiger partial charge in [0.1, 0.15) is 12.2 Å². The van der Waals surface area contributed by atoms with E-state index in [1.54, 1.807) is 0 Å². The van der Waals surface area contributed by atoms with E-state index in [1.165, 1.54) is 0 Å². The third kappa shape index (κ3) is 2.79. The molecule has 3 fully saturated rings. The van der Waals surface area contributed by atoms with Gasteiger partial charge in [0.05, 0.1) is 18.7 Å². The Hall–Kier alpha value is -0.980. The van der Waals surface area contributed by atoms with Gasteiger partial charge in [-0.15, -0.1) is 0 Å². The van der Waals surface area contributed by atoms with Crippen LogP contribution in [0.1, 0.15) is 31.6 Å². The summed E-state index contributed by atoms with van der Waals surface area (Å²) in [5.74, 6) is 0. The molecule has 0 amide bonds. The molecule has 120 valence electrons. The standard InChI is InChI=1S/C17H23NO4/c1-2-3-9-19-17-14-13(18-14)15-12(21-17)10-20-16(22-15)11-7-5-4-6-8-11/h4-8,12-18H,2-3,9-10H2,1H3. The number of unbranched alkanes of at least 4 members (excludes halogenated alkanes) is 1. The van der Waals surface area contributed by atoms with Gasteiger partial charge in [0.25, 0.3) is 0 Å². The molecule has 3 aliphatic rings. The lowest BCUT2D eigenvalue weighted by molar-refractivity contribution is -0.307. The van der Waals surface area contributed by atoms with Gasteiger partial charge in [-0.2, -0.15) is 0 Å². The molecule has 1 N–H and O–H groups in total. The largest absolute Gasteiger partial charge is 0.351 e. The van der Waals surface area contributed by atoms with Gasteiger partial charge in [-0.25, -0.2) is 0 Å². The molecule has 3 heterocycles. The van der Waals surface area contributed by atoms with Crippen LogP contribution in [0.5, 0.6) is 0 Å². The van der Waals surface area contributed by atoms with Crippen LogP contribution in [0.4, 0.5) is 0 Å². The highest BCUT2D eigenvalue weighted by Crippen LogP contribution is 2.39. The van der Waals surface area contributed by atoms with Crippen LogP contribution in [0, 0.1) is 0 Å². The number of nitrogens with one attached hydrogen (secondary N) is 1. The molecule has 6 unspecified atom stereocenters. The maximum absolute atomic E-state index is 6.14. The smallest absolute Gasteiger partial charge is 0.184 e. The number of hydrogen-bond donors (Lipinski definition) is 1. The predicted octanol–water partition coefficient (Wildman–Crippen LogP) is 1.98. The van der Waals surface area contributed by atoms with Crippen molar-refractivity contribution in [1.82, 2.24) is 5.32 Å². The van der Waals surface area contributed by atoms with Gasteiger partial charge in [0.15, 0.2) is 12.6 Å². The fourth-order valence-electron chi connectivity index (χ4n) is 3.22. The SMILES string of the molecule is CCCCOC1OC2COC(c3ccccc3)OC2C2NC12. The van der Waals surface area contributed by atoms with E-state index in [-0.39, 0.29) is 30.8 Å². The molecule has 22 heavy (non-hydrogen) atoms. The summed E-state index contributed by atoms with van der Waals surface area (Å²) in [5, 5.41) is 3.45. The first kappa shape index (κ1) is 14.6. The minimum Gasteiger partial charge on any atom is -0.351 e. The Morgan fingerprint density at radius 2 is 2.05 bits per heavy atom. The van der Waals surface area contributed by atoms with Crippen molar-refractivity contribution in [1.29, 1.82) is 0 Å². The predicted molar refractivity (Wildman–Crippen MR) is 80.2 cm³/mol. The Balaban J connectivity index is 1.38. The summed E-state index contributed by atoms with van der Waals surface area (Å²) in [4.78, 5) is 0. The van der Waals surface area contributed by atoms with Crippen LogP contribution in [-0.4, -0.2) is 43.8 Å². The molecule has 1 aromatic rings. The van der Waals surface area contributed by atoms with Crippen LogP contribution in [0.25, 0.3) is 0 Å². The molecule has 0 aromatic heterocycles. The monoisotopic (exact) mass is 305 g/mol.